The molecule has 1 aromatic heterocycles. The Morgan fingerprint density at radius 3 is 2.46 bits per heavy atom. The van der Waals surface area contributed by atoms with Crippen LogP contribution in [0, 0.1) is 6.92 Å². The van der Waals surface area contributed by atoms with Crippen LogP contribution in [0.5, 0.6) is 0 Å². The number of nitrogens with two attached hydrogens (primary N) is 1. The molecule has 3 rings (SSSR count). The zero-order chi connectivity index (χ0) is 18.9. The molecule has 2 saturated heterocycles. The van der Waals surface area contributed by atoms with Crippen molar-refractivity contribution in [2.45, 2.75) is 19.4 Å². The molecular formula is C19H34IN5O3. The number of halogens is 1. The molecule has 0 spiro atoms. The van der Waals surface area contributed by atoms with Crippen molar-refractivity contribution in [2.24, 2.45) is 10.7 Å². The predicted octanol–water partition coefficient (Wildman–Crippen LogP) is 1.21. The summed E-state index contributed by atoms with van der Waals surface area (Å²) in [7, 11) is 0. The van der Waals surface area contributed by atoms with Gasteiger partial charge in [-0.15, -0.1) is 24.0 Å². The topological polar surface area (TPSA) is 88.5 Å². The number of furan rings is 1. The molecule has 2 aliphatic rings. The Bertz CT molecular complexity index is 586. The molecule has 9 heteroatoms. The van der Waals surface area contributed by atoms with Crippen LogP contribution >= 0.6 is 24.0 Å². The van der Waals surface area contributed by atoms with Gasteiger partial charge in [0.15, 0.2) is 5.96 Å². The molecule has 8 nitrogen and oxygen atoms in total. The van der Waals surface area contributed by atoms with Gasteiger partial charge < -0.3 is 24.9 Å². The van der Waals surface area contributed by atoms with Crippen LogP contribution in [0.1, 0.15) is 24.0 Å². The first-order chi connectivity index (χ1) is 13.2. The molecule has 1 atom stereocenters. The minimum atomic E-state index is 0. The predicted molar refractivity (Wildman–Crippen MR) is 120 cm³/mol. The number of guanidine groups is 1. The number of hydrogen-bond acceptors (Lipinski definition) is 6. The standard InChI is InChI=1S/C19H33N5O3.HI/c1-16-3-4-18(27-16)17(24-9-13-26-14-10-24)15-22-19(20)21-5-2-6-23-7-11-25-12-8-23;/h3-4,17H,2,5-15H2,1H3,(H3,20,21,22);1H. The van der Waals surface area contributed by atoms with E-state index >= 15 is 0 Å². The van der Waals surface area contributed by atoms with Crippen LogP contribution in [-0.2, 0) is 9.47 Å². The van der Waals surface area contributed by atoms with Gasteiger partial charge in [0, 0.05) is 32.7 Å². The minimum Gasteiger partial charge on any atom is -0.465 e. The average Bonchev–Trinajstić information content (AvgIpc) is 3.13. The van der Waals surface area contributed by atoms with Crippen LogP contribution in [-0.4, -0.2) is 88.0 Å². The second-order valence-corrected chi connectivity index (χ2v) is 7.07. The summed E-state index contributed by atoms with van der Waals surface area (Å²) in [5.74, 6) is 2.36. The number of morpholine rings is 2. The zero-order valence-electron chi connectivity index (χ0n) is 16.8. The highest BCUT2D eigenvalue weighted by Gasteiger charge is 2.25. The molecule has 0 amide bonds. The third-order valence-corrected chi connectivity index (χ3v) is 5.07. The van der Waals surface area contributed by atoms with E-state index in [9.17, 15) is 0 Å². The summed E-state index contributed by atoms with van der Waals surface area (Å²) in [4.78, 5) is 9.36. The number of nitrogens with zero attached hydrogens (tertiary/aromatic N) is 3. The van der Waals surface area contributed by atoms with Gasteiger partial charge in [-0.25, -0.2) is 0 Å². The fraction of sp³-hybridized carbons (Fsp3) is 0.737. The maximum Gasteiger partial charge on any atom is 0.188 e. The van der Waals surface area contributed by atoms with Gasteiger partial charge in [-0.3, -0.25) is 14.8 Å². The van der Waals surface area contributed by atoms with Gasteiger partial charge in [0.25, 0.3) is 0 Å². The lowest BCUT2D eigenvalue weighted by Crippen LogP contribution is -2.41. The Morgan fingerprint density at radius 2 is 1.82 bits per heavy atom. The van der Waals surface area contributed by atoms with Crippen LogP contribution in [0.25, 0.3) is 0 Å². The van der Waals surface area contributed by atoms with Gasteiger partial charge in [-0.1, -0.05) is 0 Å². The summed E-state index contributed by atoms with van der Waals surface area (Å²) >= 11 is 0. The molecule has 0 aromatic carbocycles. The first-order valence-electron chi connectivity index (χ1n) is 9.94. The summed E-state index contributed by atoms with van der Waals surface area (Å²) < 4.78 is 16.7. The fourth-order valence-corrected chi connectivity index (χ4v) is 3.49. The second kappa shape index (κ2) is 12.6. The van der Waals surface area contributed by atoms with E-state index in [1.165, 1.54) is 0 Å². The van der Waals surface area contributed by atoms with Crippen molar-refractivity contribution < 1.29 is 13.9 Å². The summed E-state index contributed by atoms with van der Waals surface area (Å²) in [6.45, 7) is 11.4. The highest BCUT2D eigenvalue weighted by Crippen LogP contribution is 2.24. The van der Waals surface area contributed by atoms with Crippen LogP contribution < -0.4 is 11.1 Å². The largest absolute Gasteiger partial charge is 0.465 e. The molecule has 160 valence electrons. The monoisotopic (exact) mass is 507 g/mol. The molecule has 2 aliphatic heterocycles. The maximum absolute atomic E-state index is 6.09. The molecule has 0 radical (unpaired) electrons. The van der Waals surface area contributed by atoms with Crippen molar-refractivity contribution in [3.8, 4) is 0 Å². The molecule has 28 heavy (non-hydrogen) atoms. The Labute approximate surface area is 184 Å². The number of hydrogen-bond donors (Lipinski definition) is 2. The van der Waals surface area contributed by atoms with Crippen molar-refractivity contribution in [2.75, 3.05) is 72.2 Å². The van der Waals surface area contributed by atoms with Gasteiger partial charge in [0.1, 0.15) is 11.5 Å². The number of rotatable bonds is 8. The van der Waals surface area contributed by atoms with E-state index in [1.807, 2.05) is 19.1 Å². The Morgan fingerprint density at radius 1 is 1.14 bits per heavy atom. The first kappa shape index (κ1) is 23.4. The second-order valence-electron chi connectivity index (χ2n) is 7.07. The Hall–Kier alpha value is -0.880. The Balaban J connectivity index is 0.00000280. The third-order valence-electron chi connectivity index (χ3n) is 5.07. The van der Waals surface area contributed by atoms with Crippen molar-refractivity contribution in [1.82, 2.24) is 15.1 Å². The lowest BCUT2D eigenvalue weighted by molar-refractivity contribution is 0.0135. The normalized spacial score (nSPS) is 20.5. The summed E-state index contributed by atoms with van der Waals surface area (Å²) in [6.07, 6.45) is 1.04. The summed E-state index contributed by atoms with van der Waals surface area (Å²) in [6, 6.07) is 4.13. The number of ether oxygens (including phenoxy) is 2. The van der Waals surface area contributed by atoms with E-state index in [1.54, 1.807) is 0 Å². The van der Waals surface area contributed by atoms with E-state index in [4.69, 9.17) is 19.6 Å². The van der Waals surface area contributed by atoms with Gasteiger partial charge in [0.2, 0.25) is 0 Å². The van der Waals surface area contributed by atoms with Gasteiger partial charge in [0.05, 0.1) is 39.0 Å². The van der Waals surface area contributed by atoms with Gasteiger partial charge >= 0.3 is 0 Å². The SMILES string of the molecule is Cc1ccc(C(CN=C(N)NCCCN2CCOCC2)N2CCOCC2)o1.I. The molecule has 1 unspecified atom stereocenters. The van der Waals surface area contributed by atoms with E-state index in [2.05, 4.69) is 20.1 Å². The summed E-state index contributed by atoms with van der Waals surface area (Å²) in [5.41, 5.74) is 6.09. The van der Waals surface area contributed by atoms with E-state index < -0.39 is 0 Å². The minimum absolute atomic E-state index is 0. The van der Waals surface area contributed by atoms with Crippen LogP contribution in [0.4, 0.5) is 0 Å². The molecule has 1 aromatic rings. The smallest absolute Gasteiger partial charge is 0.188 e. The highest BCUT2D eigenvalue weighted by atomic mass is 127. The molecule has 3 N–H and O–H groups in total. The zero-order valence-corrected chi connectivity index (χ0v) is 19.1. The first-order valence-corrected chi connectivity index (χ1v) is 9.94. The lowest BCUT2D eigenvalue weighted by atomic mass is 10.2. The highest BCUT2D eigenvalue weighted by molar-refractivity contribution is 14.0. The third kappa shape index (κ3) is 7.51. The van der Waals surface area contributed by atoms with Gasteiger partial charge in [-0.2, -0.15) is 0 Å². The number of aliphatic imine (C=N–C) groups is 1. The number of aryl methyl sites for hydroxylation is 1. The molecule has 0 aliphatic carbocycles. The van der Waals surface area contributed by atoms with E-state index in [-0.39, 0.29) is 30.0 Å². The van der Waals surface area contributed by atoms with Crippen molar-refractivity contribution in [1.29, 1.82) is 0 Å². The van der Waals surface area contributed by atoms with Crippen LogP contribution in [0.2, 0.25) is 0 Å². The van der Waals surface area contributed by atoms with Crippen molar-refractivity contribution in [3.63, 3.8) is 0 Å². The van der Waals surface area contributed by atoms with E-state index in [0.717, 1.165) is 83.6 Å². The molecule has 0 bridgehead atoms. The Kier molecular flexibility index (Phi) is 10.6. The quantitative estimate of drug-likeness (QED) is 0.237. The van der Waals surface area contributed by atoms with Gasteiger partial charge in [-0.05, 0) is 32.0 Å². The fourth-order valence-electron chi connectivity index (χ4n) is 3.49. The molecule has 2 fully saturated rings. The summed E-state index contributed by atoms with van der Waals surface area (Å²) in [5, 5.41) is 3.23. The number of nitrogens with one attached hydrogen (secondary N) is 1. The maximum atomic E-state index is 6.09. The van der Waals surface area contributed by atoms with Crippen LogP contribution in [0.15, 0.2) is 21.5 Å². The molecule has 0 saturated carbocycles. The van der Waals surface area contributed by atoms with E-state index in [0.29, 0.717) is 12.5 Å². The van der Waals surface area contributed by atoms with Crippen molar-refractivity contribution >= 4 is 29.9 Å². The average molecular weight is 507 g/mol. The molecular weight excluding hydrogens is 473 g/mol. The lowest BCUT2D eigenvalue weighted by Gasteiger charge is -2.32. The van der Waals surface area contributed by atoms with Crippen molar-refractivity contribution in [3.05, 3.63) is 23.7 Å². The molecule has 3 heterocycles. The van der Waals surface area contributed by atoms with Crippen LogP contribution in [0.3, 0.4) is 0 Å².